The number of amidine groups is 1. The van der Waals surface area contributed by atoms with Crippen LogP contribution >= 0.6 is 0 Å². The number of benzene rings is 2. The van der Waals surface area contributed by atoms with E-state index in [4.69, 9.17) is 25.8 Å². The molecular weight excluding hydrogens is 533 g/mol. The Morgan fingerprint density at radius 2 is 1.58 bits per heavy atom. The van der Waals surface area contributed by atoms with E-state index in [1.165, 1.54) is 36.4 Å². The number of carboxylic acids is 1. The number of hydrogen-bond donors (Lipinski definition) is 5. The van der Waals surface area contributed by atoms with Gasteiger partial charge in [0.1, 0.15) is 11.4 Å². The fourth-order valence-corrected chi connectivity index (χ4v) is 3.54. The van der Waals surface area contributed by atoms with Gasteiger partial charge in [0.2, 0.25) is 15.9 Å². The maximum absolute atomic E-state index is 12.3. The summed E-state index contributed by atoms with van der Waals surface area (Å²) in [7, 11) is -3.85. The van der Waals surface area contributed by atoms with Crippen molar-refractivity contribution in [2.75, 3.05) is 11.9 Å². The van der Waals surface area contributed by atoms with Crippen LogP contribution in [0.25, 0.3) is 0 Å². The molecule has 0 saturated carbocycles. The second-order valence-electron chi connectivity index (χ2n) is 8.52. The van der Waals surface area contributed by atoms with Gasteiger partial charge in [-0.05, 0) is 57.2 Å². The van der Waals surface area contributed by atoms with Gasteiger partial charge in [-0.2, -0.15) is 13.2 Å². The summed E-state index contributed by atoms with van der Waals surface area (Å²) in [5.74, 6) is -3.86. The van der Waals surface area contributed by atoms with E-state index in [0.29, 0.717) is 11.3 Å². The number of anilines is 1. The first kappa shape index (κ1) is 32.0. The van der Waals surface area contributed by atoms with Gasteiger partial charge in [0.25, 0.3) is 0 Å². The normalized spacial score (nSPS) is 11.5. The van der Waals surface area contributed by atoms with E-state index < -0.39 is 39.6 Å². The molecule has 0 fully saturated rings. The number of carbonyl (C=O) groups is 3. The third kappa shape index (κ3) is 11.4. The summed E-state index contributed by atoms with van der Waals surface area (Å²) in [6.45, 7) is 5.20. The molecule has 2 aromatic rings. The molecule has 2 aromatic carbocycles. The molecule has 0 aromatic heterocycles. The molecule has 0 unspecified atom stereocenters. The highest BCUT2D eigenvalue weighted by Gasteiger charge is 2.38. The summed E-state index contributed by atoms with van der Waals surface area (Å²) in [6, 6.07) is 11.9. The van der Waals surface area contributed by atoms with Crippen molar-refractivity contribution in [1.82, 2.24) is 4.72 Å². The van der Waals surface area contributed by atoms with Crippen LogP contribution in [0.2, 0.25) is 0 Å². The molecule has 0 aliphatic rings. The van der Waals surface area contributed by atoms with Crippen LogP contribution in [0.15, 0.2) is 53.4 Å². The molecule has 15 heteroatoms. The van der Waals surface area contributed by atoms with Crippen LogP contribution in [-0.2, 0) is 24.3 Å². The van der Waals surface area contributed by atoms with Crippen molar-refractivity contribution < 1.29 is 45.8 Å². The first-order valence-corrected chi connectivity index (χ1v) is 12.2. The molecule has 11 nitrogen and oxygen atoms in total. The number of esters is 1. The van der Waals surface area contributed by atoms with E-state index in [1.807, 2.05) is 0 Å². The maximum Gasteiger partial charge on any atom is 0.490 e. The van der Waals surface area contributed by atoms with Crippen molar-refractivity contribution in [2.24, 2.45) is 5.73 Å². The Morgan fingerprint density at radius 1 is 1.03 bits per heavy atom. The third-order valence-corrected chi connectivity index (χ3v) is 5.60. The van der Waals surface area contributed by atoms with Crippen LogP contribution in [0.1, 0.15) is 43.1 Å². The van der Waals surface area contributed by atoms with Gasteiger partial charge in [-0.1, -0.05) is 12.1 Å². The molecule has 2 rings (SSSR count). The van der Waals surface area contributed by atoms with E-state index in [2.05, 4.69) is 10.0 Å². The minimum atomic E-state index is -5.08. The summed E-state index contributed by atoms with van der Waals surface area (Å²) in [4.78, 5) is 33.0. The van der Waals surface area contributed by atoms with Crippen molar-refractivity contribution in [3.8, 4) is 0 Å². The Bertz CT molecular complexity index is 1270. The van der Waals surface area contributed by atoms with Gasteiger partial charge in [-0.3, -0.25) is 10.2 Å². The van der Waals surface area contributed by atoms with Crippen molar-refractivity contribution in [2.45, 2.75) is 43.9 Å². The van der Waals surface area contributed by atoms with E-state index in [0.717, 1.165) is 0 Å². The zero-order valence-electron chi connectivity index (χ0n) is 20.5. The summed E-state index contributed by atoms with van der Waals surface area (Å²) < 4.78 is 64.1. The number of nitrogen functional groups attached to an aromatic ring is 1. The lowest BCUT2D eigenvalue weighted by molar-refractivity contribution is -0.192. The highest BCUT2D eigenvalue weighted by Crippen LogP contribution is 2.16. The van der Waals surface area contributed by atoms with Crippen LogP contribution in [-0.4, -0.2) is 55.5 Å². The quantitative estimate of drug-likeness (QED) is 0.185. The minimum absolute atomic E-state index is 0.0432. The second kappa shape index (κ2) is 13.0. The maximum atomic E-state index is 12.3. The third-order valence-electron chi connectivity index (χ3n) is 4.15. The minimum Gasteiger partial charge on any atom is -0.475 e. The first-order valence-electron chi connectivity index (χ1n) is 10.7. The molecule has 0 radical (unpaired) electrons. The summed E-state index contributed by atoms with van der Waals surface area (Å²) in [5, 5.41) is 17.2. The number of amides is 1. The molecule has 0 atom stereocenters. The monoisotopic (exact) mass is 560 g/mol. The number of alkyl halides is 3. The van der Waals surface area contributed by atoms with Gasteiger partial charge < -0.3 is 20.9 Å². The number of carbonyl (C=O) groups excluding carboxylic acids is 2. The van der Waals surface area contributed by atoms with Crippen LogP contribution in [0, 0.1) is 5.41 Å². The lowest BCUT2D eigenvalue weighted by Gasteiger charge is -2.19. The number of rotatable bonds is 8. The number of hydrogen-bond acceptors (Lipinski definition) is 7. The molecule has 0 saturated heterocycles. The predicted molar refractivity (Wildman–Crippen MR) is 131 cm³/mol. The lowest BCUT2D eigenvalue weighted by atomic mass is 10.1. The van der Waals surface area contributed by atoms with Gasteiger partial charge in [0.05, 0.1) is 10.5 Å². The van der Waals surface area contributed by atoms with Crippen molar-refractivity contribution in [3.63, 3.8) is 0 Å². The number of nitrogens with two attached hydrogens (primary N) is 1. The fourth-order valence-electron chi connectivity index (χ4n) is 2.46. The summed E-state index contributed by atoms with van der Waals surface area (Å²) in [5.41, 5.74) is 5.88. The van der Waals surface area contributed by atoms with E-state index in [-0.39, 0.29) is 29.3 Å². The van der Waals surface area contributed by atoms with Crippen LogP contribution < -0.4 is 15.8 Å². The van der Waals surface area contributed by atoms with Crippen molar-refractivity contribution >= 4 is 39.4 Å². The molecule has 208 valence electrons. The highest BCUT2D eigenvalue weighted by atomic mass is 32.2. The van der Waals surface area contributed by atoms with Crippen molar-refractivity contribution in [1.29, 1.82) is 5.41 Å². The molecular formula is C23H27F3N4O7S. The Labute approximate surface area is 216 Å². The first-order chi connectivity index (χ1) is 17.3. The molecule has 38 heavy (non-hydrogen) atoms. The molecule has 0 heterocycles. The standard InChI is InChI=1S/C21H26N4O5S.C2HF3O2/c1-21(2,3)30-20(27)14-7-9-16(10-8-14)25-18(26)11-12-24-31(28,29)17-6-4-5-15(13-17)19(22)23;3-2(4,5)1(6)7/h4-10,13,24H,11-12H2,1-3H3,(H3,22,23)(H,25,26);(H,6,7). The zero-order chi connectivity index (χ0) is 29.3. The molecule has 0 aliphatic carbocycles. The number of halogens is 3. The average molecular weight is 561 g/mol. The molecule has 0 bridgehead atoms. The van der Waals surface area contributed by atoms with Gasteiger partial charge >= 0.3 is 18.1 Å². The fraction of sp³-hybridized carbons (Fsp3) is 0.304. The highest BCUT2D eigenvalue weighted by molar-refractivity contribution is 7.89. The second-order valence-corrected chi connectivity index (χ2v) is 10.3. The number of nitrogens with one attached hydrogen (secondary N) is 3. The summed E-state index contributed by atoms with van der Waals surface area (Å²) in [6.07, 6.45) is -5.18. The Hall–Kier alpha value is -3.98. The van der Waals surface area contributed by atoms with Crippen LogP contribution in [0.5, 0.6) is 0 Å². The number of ether oxygens (including phenoxy) is 1. The van der Waals surface area contributed by atoms with E-state index >= 15 is 0 Å². The van der Waals surface area contributed by atoms with E-state index in [9.17, 15) is 31.2 Å². The molecule has 0 spiro atoms. The van der Waals surface area contributed by atoms with Gasteiger partial charge in [0, 0.05) is 24.2 Å². The number of carboxylic acid groups (broad SMARTS) is 1. The largest absolute Gasteiger partial charge is 0.490 e. The Kier molecular flexibility index (Phi) is 11.0. The van der Waals surface area contributed by atoms with E-state index in [1.54, 1.807) is 32.9 Å². The number of sulfonamides is 1. The number of aliphatic carboxylic acids is 1. The van der Waals surface area contributed by atoms with Crippen LogP contribution in [0.4, 0.5) is 18.9 Å². The lowest BCUT2D eigenvalue weighted by Crippen LogP contribution is -2.28. The zero-order valence-corrected chi connectivity index (χ0v) is 21.4. The van der Waals surface area contributed by atoms with Crippen LogP contribution in [0.3, 0.4) is 0 Å². The average Bonchev–Trinajstić information content (AvgIpc) is 2.78. The SMILES string of the molecule is CC(C)(C)OC(=O)c1ccc(NC(=O)CCNS(=O)(=O)c2cccc(C(=N)N)c2)cc1.O=C(O)C(F)(F)F. The van der Waals surface area contributed by atoms with Gasteiger partial charge in [-0.15, -0.1) is 0 Å². The van der Waals surface area contributed by atoms with Crippen molar-refractivity contribution in [3.05, 3.63) is 59.7 Å². The molecule has 6 N–H and O–H groups in total. The Balaban J connectivity index is 0.000000905. The molecule has 1 amide bonds. The predicted octanol–water partition coefficient (Wildman–Crippen LogP) is 2.87. The topological polar surface area (TPSA) is 189 Å². The van der Waals surface area contributed by atoms with Gasteiger partial charge in [-0.25, -0.2) is 22.7 Å². The molecule has 0 aliphatic heterocycles. The Morgan fingerprint density at radius 3 is 2.05 bits per heavy atom. The summed E-state index contributed by atoms with van der Waals surface area (Å²) >= 11 is 0. The van der Waals surface area contributed by atoms with Gasteiger partial charge in [0.15, 0.2) is 0 Å². The smallest absolute Gasteiger partial charge is 0.475 e.